The van der Waals surface area contributed by atoms with Crippen LogP contribution in [-0.2, 0) is 0 Å². The predicted octanol–water partition coefficient (Wildman–Crippen LogP) is -2.95. The molecule has 0 aliphatic carbocycles. The van der Waals surface area contributed by atoms with Crippen LogP contribution in [-0.4, -0.2) is 41.2 Å². The van der Waals surface area contributed by atoms with Crippen molar-refractivity contribution in [3.8, 4) is 0 Å². The van der Waals surface area contributed by atoms with Crippen molar-refractivity contribution >= 4 is 30.7 Å². The third kappa shape index (κ3) is 68.5. The van der Waals surface area contributed by atoms with E-state index in [1.807, 2.05) is 0 Å². The van der Waals surface area contributed by atoms with Crippen molar-refractivity contribution in [1.29, 1.82) is 0 Å². The number of rotatable bonds is 0. The summed E-state index contributed by atoms with van der Waals surface area (Å²) in [6, 6.07) is 0. The SMILES string of the molecule is [Mg+2].[O-]BO.[OH-]. The van der Waals surface area contributed by atoms with E-state index in [1.165, 1.54) is 0 Å². The molecule has 0 radical (unpaired) electrons. The average molecular weight is 86.1 g/mol. The van der Waals surface area contributed by atoms with Gasteiger partial charge >= 0.3 is 23.1 Å². The molecule has 0 bridgehead atoms. The maximum atomic E-state index is 8.49. The predicted molar refractivity (Wildman–Crippen MR) is 17.1 cm³/mol. The molecule has 0 aliphatic heterocycles. The molecule has 3 nitrogen and oxygen atoms in total. The van der Waals surface area contributed by atoms with Crippen molar-refractivity contribution in [2.45, 2.75) is 0 Å². The van der Waals surface area contributed by atoms with Crippen molar-refractivity contribution in [3.05, 3.63) is 0 Å². The quantitative estimate of drug-likeness (QED) is 0.320. The van der Waals surface area contributed by atoms with Gasteiger partial charge in [0.1, 0.15) is 0 Å². The molecule has 0 spiro atoms. The molecule has 5 heavy (non-hydrogen) atoms. The summed E-state index contributed by atoms with van der Waals surface area (Å²) in [5.74, 6) is 0. The molecule has 0 saturated carbocycles. The van der Waals surface area contributed by atoms with E-state index < -0.39 is 7.69 Å². The van der Waals surface area contributed by atoms with E-state index in [0.29, 0.717) is 0 Å². The van der Waals surface area contributed by atoms with Crippen molar-refractivity contribution in [3.63, 3.8) is 0 Å². The Balaban J connectivity index is -0.0000000200. The second kappa shape index (κ2) is 22.2. The van der Waals surface area contributed by atoms with E-state index in [-0.39, 0.29) is 28.5 Å². The Morgan fingerprint density at radius 2 is 1.60 bits per heavy atom. The Morgan fingerprint density at radius 1 is 1.60 bits per heavy atom. The minimum Gasteiger partial charge on any atom is -0.870 e. The first-order chi connectivity index (χ1) is 1.41. The van der Waals surface area contributed by atoms with Gasteiger partial charge in [0.15, 0.2) is 7.69 Å². The molecule has 0 aliphatic rings. The third-order valence-corrected chi connectivity index (χ3v) is 0. The summed E-state index contributed by atoms with van der Waals surface area (Å²) in [6.45, 7) is 0. The van der Waals surface area contributed by atoms with Crippen LogP contribution >= 0.6 is 0 Å². The molecular formula is H3BMgO3. The summed E-state index contributed by atoms with van der Waals surface area (Å²) in [4.78, 5) is 0. The summed E-state index contributed by atoms with van der Waals surface area (Å²) < 4.78 is 0. The van der Waals surface area contributed by atoms with E-state index in [0.717, 1.165) is 0 Å². The summed E-state index contributed by atoms with van der Waals surface area (Å²) >= 11 is 0. The van der Waals surface area contributed by atoms with Gasteiger partial charge in [0, 0.05) is 0 Å². The molecule has 26 valence electrons. The van der Waals surface area contributed by atoms with Crippen LogP contribution in [0.3, 0.4) is 0 Å². The van der Waals surface area contributed by atoms with Gasteiger partial charge in [-0.1, -0.05) is 0 Å². The van der Waals surface area contributed by atoms with Crippen LogP contribution in [0.25, 0.3) is 0 Å². The van der Waals surface area contributed by atoms with Crippen molar-refractivity contribution in [1.82, 2.24) is 0 Å². The molecule has 0 fully saturated rings. The van der Waals surface area contributed by atoms with Crippen molar-refractivity contribution in [2.75, 3.05) is 0 Å². The van der Waals surface area contributed by atoms with Gasteiger partial charge in [-0.05, 0) is 0 Å². The molecule has 0 rings (SSSR count). The van der Waals surface area contributed by atoms with Crippen LogP contribution in [0.2, 0.25) is 0 Å². The first-order valence-corrected chi connectivity index (χ1v) is 0.605. The molecule has 0 saturated heterocycles. The topological polar surface area (TPSA) is 73.3 Å². The van der Waals surface area contributed by atoms with Crippen LogP contribution in [0.1, 0.15) is 0 Å². The van der Waals surface area contributed by atoms with E-state index in [1.54, 1.807) is 0 Å². The van der Waals surface area contributed by atoms with Gasteiger partial charge in [0.25, 0.3) is 0 Å². The summed E-state index contributed by atoms with van der Waals surface area (Å²) in [7, 11) is -1.00. The maximum Gasteiger partial charge on any atom is 2.00 e. The molecule has 0 aromatic carbocycles. The Kier molecular flexibility index (Phi) is 76.4. The minimum atomic E-state index is -1.00. The number of hydrogen-bond acceptors (Lipinski definition) is 3. The van der Waals surface area contributed by atoms with Crippen LogP contribution in [0.4, 0.5) is 0 Å². The smallest absolute Gasteiger partial charge is 0.870 e. The molecule has 2 N–H and O–H groups in total. The maximum absolute atomic E-state index is 8.49. The molecule has 0 heterocycles. The second-order valence-corrected chi connectivity index (χ2v) is 0.129. The first kappa shape index (κ1) is 17.2. The monoisotopic (exact) mass is 86.0 g/mol. The Hall–Kier alpha value is 0.711. The van der Waals surface area contributed by atoms with Gasteiger partial charge < -0.3 is 15.5 Å². The van der Waals surface area contributed by atoms with Gasteiger partial charge in [0.05, 0.1) is 0 Å². The minimum absolute atomic E-state index is 0. The van der Waals surface area contributed by atoms with E-state index in [9.17, 15) is 0 Å². The zero-order valence-electron chi connectivity index (χ0n) is 2.72. The largest absolute Gasteiger partial charge is 2.00 e. The Labute approximate surface area is 46.8 Å². The summed E-state index contributed by atoms with van der Waals surface area (Å²) in [6.07, 6.45) is 0. The molecule has 0 atom stereocenters. The van der Waals surface area contributed by atoms with Crippen LogP contribution in [0.15, 0.2) is 0 Å². The molecule has 0 unspecified atom stereocenters. The molecule has 0 aromatic heterocycles. The van der Waals surface area contributed by atoms with E-state index >= 15 is 0 Å². The van der Waals surface area contributed by atoms with Gasteiger partial charge in [-0.25, -0.2) is 0 Å². The van der Waals surface area contributed by atoms with Crippen LogP contribution in [0, 0.1) is 0 Å². The van der Waals surface area contributed by atoms with Crippen LogP contribution < -0.4 is 5.02 Å². The van der Waals surface area contributed by atoms with Crippen LogP contribution in [0.5, 0.6) is 0 Å². The Morgan fingerprint density at radius 3 is 1.60 bits per heavy atom. The average Bonchev–Trinajstić information content (AvgIpc) is 0.918. The van der Waals surface area contributed by atoms with Gasteiger partial charge in [0.2, 0.25) is 0 Å². The molecule has 0 aromatic rings. The Bertz CT molecular complexity index is 6.85. The molecule has 0 amide bonds. The fraction of sp³-hybridized carbons (Fsp3) is 0. The normalized spacial score (nSPS) is 2.80. The second-order valence-electron chi connectivity index (χ2n) is 0.129. The number of hydrogen-bond donors (Lipinski definition) is 1. The molecule has 5 heteroatoms. The summed E-state index contributed by atoms with van der Waals surface area (Å²) in [5, 5.41) is 15.5. The van der Waals surface area contributed by atoms with E-state index in [4.69, 9.17) is 10.0 Å². The van der Waals surface area contributed by atoms with Gasteiger partial charge in [-0.2, -0.15) is 0 Å². The molecular weight excluding hydrogens is 83.1 g/mol. The third-order valence-electron chi connectivity index (χ3n) is 0. The standard InChI is InChI=1S/BH2O2.Mg.H2O/c2-1-3;;/h1-2H;;1H2/q-1;+2;/p-1. The van der Waals surface area contributed by atoms with Gasteiger partial charge in [-0.3, -0.25) is 0 Å². The fourth-order valence-corrected chi connectivity index (χ4v) is 0. The summed E-state index contributed by atoms with van der Waals surface area (Å²) in [5.41, 5.74) is 0. The fourth-order valence-electron chi connectivity index (χ4n) is 0. The first-order valence-electron chi connectivity index (χ1n) is 0.605. The van der Waals surface area contributed by atoms with Crippen molar-refractivity contribution < 1.29 is 15.5 Å². The zero-order chi connectivity index (χ0) is 2.71. The van der Waals surface area contributed by atoms with E-state index in [2.05, 4.69) is 0 Å². The van der Waals surface area contributed by atoms with Gasteiger partial charge in [-0.15, -0.1) is 0 Å². The van der Waals surface area contributed by atoms with Crippen molar-refractivity contribution in [2.24, 2.45) is 0 Å². The zero-order valence-corrected chi connectivity index (χ0v) is 4.13.